The number of thioether (sulfide) groups is 1. The van der Waals surface area contributed by atoms with E-state index in [4.69, 9.17) is 9.15 Å². The van der Waals surface area contributed by atoms with Gasteiger partial charge in [-0.05, 0) is 54.5 Å². The number of benzene rings is 1. The predicted molar refractivity (Wildman–Crippen MR) is 111 cm³/mol. The third-order valence-corrected chi connectivity index (χ3v) is 5.79. The Morgan fingerprint density at radius 3 is 2.90 bits per heavy atom. The first kappa shape index (κ1) is 20.0. The van der Waals surface area contributed by atoms with E-state index in [0.717, 1.165) is 29.1 Å². The number of methoxy groups -OCH3 is 1. The molecule has 8 nitrogen and oxygen atoms in total. The third kappa shape index (κ3) is 3.88. The Labute approximate surface area is 175 Å². The van der Waals surface area contributed by atoms with Crippen molar-refractivity contribution in [3.05, 3.63) is 46.6 Å². The SMILES string of the molecule is COC(=O)[C@@H]1CCCN1C(=O)/C=C/c1coc2ccc(/C=C3\SC(=O)NC3=O)cc12. The number of nitrogens with zero attached hydrogens (tertiary/aromatic N) is 1. The van der Waals surface area contributed by atoms with Gasteiger partial charge in [0.2, 0.25) is 5.91 Å². The lowest BCUT2D eigenvalue weighted by Crippen LogP contribution is -2.40. The van der Waals surface area contributed by atoms with Crippen molar-refractivity contribution in [2.75, 3.05) is 13.7 Å². The zero-order valence-electron chi connectivity index (χ0n) is 16.0. The standard InChI is InChI=1S/C21H18N2O6S/c1-28-20(26)15-3-2-8-23(15)18(24)7-5-13-11-29-16-6-4-12(9-14(13)16)10-17-19(25)22-21(27)30-17/h4-7,9-11,15H,2-3,8H2,1H3,(H,22,25,27)/b7-5+,17-10-/t15-/m0/s1. The molecular formula is C21H18N2O6S. The number of esters is 1. The first-order valence-corrected chi connectivity index (χ1v) is 10.1. The fraction of sp³-hybridized carbons (Fsp3) is 0.238. The summed E-state index contributed by atoms with van der Waals surface area (Å²) in [6.45, 7) is 0.505. The number of fused-ring (bicyclic) bond motifs is 1. The lowest BCUT2D eigenvalue weighted by Gasteiger charge is -2.20. The van der Waals surface area contributed by atoms with Gasteiger partial charge in [-0.3, -0.25) is 19.7 Å². The summed E-state index contributed by atoms with van der Waals surface area (Å²) in [5.41, 5.74) is 2.03. The van der Waals surface area contributed by atoms with E-state index < -0.39 is 23.2 Å². The minimum atomic E-state index is -0.552. The van der Waals surface area contributed by atoms with E-state index in [1.807, 2.05) is 6.07 Å². The van der Waals surface area contributed by atoms with E-state index in [2.05, 4.69) is 5.32 Å². The average molecular weight is 426 g/mol. The third-order valence-electron chi connectivity index (χ3n) is 4.98. The second kappa shape index (κ2) is 8.19. The lowest BCUT2D eigenvalue weighted by atomic mass is 10.1. The minimum Gasteiger partial charge on any atom is -0.467 e. The molecule has 154 valence electrons. The van der Waals surface area contributed by atoms with Gasteiger partial charge in [0.1, 0.15) is 11.6 Å². The van der Waals surface area contributed by atoms with Crippen LogP contribution < -0.4 is 5.32 Å². The quantitative estimate of drug-likeness (QED) is 0.592. The van der Waals surface area contributed by atoms with Gasteiger partial charge in [0.25, 0.3) is 11.1 Å². The van der Waals surface area contributed by atoms with E-state index in [0.29, 0.717) is 29.0 Å². The predicted octanol–water partition coefficient (Wildman–Crippen LogP) is 2.93. The molecule has 3 heterocycles. The summed E-state index contributed by atoms with van der Waals surface area (Å²) in [7, 11) is 1.31. The van der Waals surface area contributed by atoms with Crippen molar-refractivity contribution in [2.45, 2.75) is 18.9 Å². The van der Waals surface area contributed by atoms with Crippen LogP contribution in [0.5, 0.6) is 0 Å². The molecule has 2 fully saturated rings. The van der Waals surface area contributed by atoms with Crippen LogP contribution in [0.25, 0.3) is 23.1 Å². The zero-order chi connectivity index (χ0) is 21.3. The van der Waals surface area contributed by atoms with Gasteiger partial charge in [-0.2, -0.15) is 0 Å². The van der Waals surface area contributed by atoms with E-state index in [1.165, 1.54) is 24.3 Å². The highest BCUT2D eigenvalue weighted by molar-refractivity contribution is 8.18. The zero-order valence-corrected chi connectivity index (χ0v) is 16.9. The molecule has 1 N–H and O–H groups in total. The molecule has 1 atom stereocenters. The molecule has 2 aromatic rings. The number of ether oxygens (including phenoxy) is 1. The number of imide groups is 1. The minimum absolute atomic E-state index is 0.270. The summed E-state index contributed by atoms with van der Waals surface area (Å²) in [5.74, 6) is -1.10. The maximum Gasteiger partial charge on any atom is 0.328 e. The number of nitrogens with one attached hydrogen (secondary N) is 1. The first-order valence-electron chi connectivity index (χ1n) is 9.29. The largest absolute Gasteiger partial charge is 0.467 e. The fourth-order valence-electron chi connectivity index (χ4n) is 3.53. The summed E-state index contributed by atoms with van der Waals surface area (Å²) in [6.07, 6.45) is 7.55. The Hall–Kier alpha value is -3.33. The van der Waals surface area contributed by atoms with Gasteiger partial charge < -0.3 is 14.1 Å². The van der Waals surface area contributed by atoms with E-state index in [9.17, 15) is 19.2 Å². The van der Waals surface area contributed by atoms with Crippen LogP contribution in [-0.4, -0.2) is 47.6 Å². The van der Waals surface area contributed by atoms with Crippen molar-refractivity contribution >= 4 is 57.9 Å². The highest BCUT2D eigenvalue weighted by Gasteiger charge is 2.33. The summed E-state index contributed by atoms with van der Waals surface area (Å²) in [5, 5.41) is 2.58. The Morgan fingerprint density at radius 1 is 1.33 bits per heavy atom. The van der Waals surface area contributed by atoms with Crippen LogP contribution in [0, 0.1) is 0 Å². The van der Waals surface area contributed by atoms with Crippen molar-refractivity contribution in [1.29, 1.82) is 0 Å². The molecule has 2 saturated heterocycles. The molecule has 0 unspecified atom stereocenters. The molecule has 2 aliphatic heterocycles. The Balaban J connectivity index is 1.57. The van der Waals surface area contributed by atoms with Gasteiger partial charge in [-0.1, -0.05) is 6.07 Å². The van der Waals surface area contributed by atoms with Crippen LogP contribution in [0.3, 0.4) is 0 Å². The maximum absolute atomic E-state index is 12.6. The second-order valence-electron chi connectivity index (χ2n) is 6.85. The molecule has 9 heteroatoms. The molecule has 1 aromatic carbocycles. The van der Waals surface area contributed by atoms with Gasteiger partial charge in [0.15, 0.2) is 0 Å². The van der Waals surface area contributed by atoms with Gasteiger partial charge in [-0.15, -0.1) is 0 Å². The number of likely N-dealkylation sites (tertiary alicyclic amines) is 1. The molecule has 3 amide bonds. The topological polar surface area (TPSA) is 106 Å². The maximum atomic E-state index is 12.6. The van der Waals surface area contributed by atoms with Crippen LogP contribution in [0.1, 0.15) is 24.0 Å². The normalized spacial score (nSPS) is 20.5. The molecule has 0 radical (unpaired) electrons. The van der Waals surface area contributed by atoms with Crippen molar-refractivity contribution < 1.29 is 28.3 Å². The number of carbonyl (C=O) groups is 4. The summed E-state index contributed by atoms with van der Waals surface area (Å²) >= 11 is 0.849. The van der Waals surface area contributed by atoms with Crippen LogP contribution in [0.4, 0.5) is 4.79 Å². The second-order valence-corrected chi connectivity index (χ2v) is 7.86. The molecule has 0 bridgehead atoms. The van der Waals surface area contributed by atoms with Gasteiger partial charge in [0.05, 0.1) is 18.3 Å². The van der Waals surface area contributed by atoms with Crippen LogP contribution in [-0.2, 0) is 19.1 Å². The molecule has 1 aromatic heterocycles. The van der Waals surface area contributed by atoms with Crippen LogP contribution in [0.2, 0.25) is 0 Å². The van der Waals surface area contributed by atoms with Crippen molar-refractivity contribution in [1.82, 2.24) is 10.2 Å². The lowest BCUT2D eigenvalue weighted by molar-refractivity contribution is -0.149. The van der Waals surface area contributed by atoms with E-state index >= 15 is 0 Å². The molecule has 30 heavy (non-hydrogen) atoms. The summed E-state index contributed by atoms with van der Waals surface area (Å²) in [4.78, 5) is 49.3. The molecule has 2 aliphatic rings. The van der Waals surface area contributed by atoms with Crippen molar-refractivity contribution in [2.24, 2.45) is 0 Å². The van der Waals surface area contributed by atoms with Crippen molar-refractivity contribution in [3.63, 3.8) is 0 Å². The Bertz CT molecular complexity index is 1120. The number of rotatable bonds is 4. The number of amides is 3. The summed E-state index contributed by atoms with van der Waals surface area (Å²) in [6, 6.07) is 4.80. The molecule has 0 aliphatic carbocycles. The highest BCUT2D eigenvalue weighted by atomic mass is 32.2. The fourth-order valence-corrected chi connectivity index (χ4v) is 4.21. The van der Waals surface area contributed by atoms with Crippen molar-refractivity contribution in [3.8, 4) is 0 Å². The number of furan rings is 1. The van der Waals surface area contributed by atoms with Gasteiger partial charge >= 0.3 is 5.97 Å². The first-order chi connectivity index (χ1) is 14.5. The molecular weight excluding hydrogens is 408 g/mol. The smallest absolute Gasteiger partial charge is 0.328 e. The monoisotopic (exact) mass is 426 g/mol. The Kier molecular flexibility index (Phi) is 5.45. The Morgan fingerprint density at radius 2 is 2.17 bits per heavy atom. The molecule has 0 saturated carbocycles. The number of hydrogen-bond donors (Lipinski definition) is 1. The summed E-state index contributed by atoms with van der Waals surface area (Å²) < 4.78 is 10.3. The van der Waals surface area contributed by atoms with E-state index in [-0.39, 0.29) is 5.91 Å². The van der Waals surface area contributed by atoms with Gasteiger partial charge in [-0.25, -0.2) is 4.79 Å². The molecule has 0 spiro atoms. The van der Waals surface area contributed by atoms with Crippen LogP contribution in [0.15, 0.2) is 39.9 Å². The number of carbonyl (C=O) groups excluding carboxylic acids is 4. The highest BCUT2D eigenvalue weighted by Crippen LogP contribution is 2.29. The molecule has 4 rings (SSSR count). The van der Waals surface area contributed by atoms with Gasteiger partial charge in [0, 0.05) is 23.6 Å². The number of hydrogen-bond acceptors (Lipinski definition) is 7. The van der Waals surface area contributed by atoms with Crippen LogP contribution >= 0.6 is 11.8 Å². The van der Waals surface area contributed by atoms with E-state index in [1.54, 1.807) is 24.3 Å². The average Bonchev–Trinajstić information content (AvgIpc) is 3.44.